The van der Waals surface area contributed by atoms with Crippen molar-refractivity contribution in [1.29, 1.82) is 0 Å². The summed E-state index contributed by atoms with van der Waals surface area (Å²) >= 11 is 0. The van der Waals surface area contributed by atoms with E-state index in [9.17, 15) is 9.59 Å². The maximum absolute atomic E-state index is 12.7. The van der Waals surface area contributed by atoms with E-state index in [1.807, 2.05) is 36.1 Å². The van der Waals surface area contributed by atoms with Crippen molar-refractivity contribution in [3.05, 3.63) is 59.4 Å². The maximum atomic E-state index is 12.7. The Balaban J connectivity index is 1.69. The largest absolute Gasteiger partial charge is 0.336 e. The van der Waals surface area contributed by atoms with Crippen molar-refractivity contribution in [1.82, 2.24) is 14.8 Å². The molecule has 0 bridgehead atoms. The fourth-order valence-electron chi connectivity index (χ4n) is 3.06. The Labute approximate surface area is 153 Å². The lowest BCUT2D eigenvalue weighted by Gasteiger charge is -2.34. The van der Waals surface area contributed by atoms with E-state index in [-0.39, 0.29) is 17.5 Å². The first-order valence-electron chi connectivity index (χ1n) is 8.92. The number of benzene rings is 1. The molecule has 0 aliphatic carbocycles. The number of carbonyl (C=O) groups is 2. The van der Waals surface area contributed by atoms with Crippen LogP contribution in [0.5, 0.6) is 0 Å². The Kier molecular flexibility index (Phi) is 5.63. The Bertz CT molecular complexity index is 798. The van der Waals surface area contributed by atoms with Crippen LogP contribution in [0.15, 0.2) is 42.6 Å². The number of anilines is 1. The molecule has 2 heterocycles. The number of aryl methyl sites for hydroxylation is 1. The van der Waals surface area contributed by atoms with Crippen LogP contribution in [0.4, 0.5) is 5.69 Å². The third kappa shape index (κ3) is 4.26. The first-order valence-corrected chi connectivity index (χ1v) is 8.92. The highest BCUT2D eigenvalue weighted by Gasteiger charge is 2.22. The second-order valence-electron chi connectivity index (χ2n) is 6.48. The number of aromatic nitrogens is 1. The van der Waals surface area contributed by atoms with Gasteiger partial charge in [-0.1, -0.05) is 19.1 Å². The minimum absolute atomic E-state index is 0.0484. The molecule has 1 saturated heterocycles. The smallest absolute Gasteiger partial charge is 0.274 e. The van der Waals surface area contributed by atoms with Crippen molar-refractivity contribution in [2.75, 3.05) is 38.0 Å². The molecular weight excluding hydrogens is 328 g/mol. The number of hydrogen-bond acceptors (Lipinski definition) is 4. The quantitative estimate of drug-likeness (QED) is 0.918. The van der Waals surface area contributed by atoms with Crippen LogP contribution in [0.2, 0.25) is 0 Å². The number of pyridine rings is 1. The average molecular weight is 352 g/mol. The van der Waals surface area contributed by atoms with Gasteiger partial charge in [-0.05, 0) is 43.3 Å². The van der Waals surface area contributed by atoms with Crippen LogP contribution in [-0.2, 0) is 0 Å². The molecule has 1 fully saturated rings. The lowest BCUT2D eigenvalue weighted by molar-refractivity contribution is 0.0643. The number of nitrogens with zero attached hydrogens (tertiary/aromatic N) is 3. The van der Waals surface area contributed by atoms with Gasteiger partial charge in [0.2, 0.25) is 0 Å². The standard InChI is InChI=1S/C20H24N4O2/c1-3-23-9-11-24(12-10-23)20(26)16-7-8-21-18(14-16)19(25)22-17-6-4-5-15(2)13-17/h4-8,13-14H,3,9-12H2,1-2H3,(H,22,25). The lowest BCUT2D eigenvalue weighted by atomic mass is 10.1. The number of likely N-dealkylation sites (N-methyl/N-ethyl adjacent to an activating group) is 1. The van der Waals surface area contributed by atoms with E-state index >= 15 is 0 Å². The van der Waals surface area contributed by atoms with Gasteiger partial charge in [0.1, 0.15) is 5.69 Å². The Morgan fingerprint density at radius 2 is 1.88 bits per heavy atom. The molecule has 0 spiro atoms. The van der Waals surface area contributed by atoms with Crippen LogP contribution in [0, 0.1) is 6.92 Å². The van der Waals surface area contributed by atoms with Crippen LogP contribution in [0.25, 0.3) is 0 Å². The molecule has 1 aliphatic rings. The first-order chi connectivity index (χ1) is 12.6. The third-order valence-electron chi connectivity index (χ3n) is 4.62. The van der Waals surface area contributed by atoms with Gasteiger partial charge in [-0.3, -0.25) is 14.6 Å². The van der Waals surface area contributed by atoms with Gasteiger partial charge >= 0.3 is 0 Å². The van der Waals surface area contributed by atoms with Crippen LogP contribution < -0.4 is 5.32 Å². The van der Waals surface area contributed by atoms with Crippen LogP contribution in [-0.4, -0.2) is 59.3 Å². The molecule has 6 nitrogen and oxygen atoms in total. The molecule has 1 aliphatic heterocycles. The Morgan fingerprint density at radius 3 is 2.58 bits per heavy atom. The minimum Gasteiger partial charge on any atom is -0.336 e. The minimum atomic E-state index is -0.318. The number of hydrogen-bond donors (Lipinski definition) is 1. The van der Waals surface area contributed by atoms with Gasteiger partial charge in [-0.25, -0.2) is 0 Å². The van der Waals surface area contributed by atoms with Crippen molar-refractivity contribution in [3.63, 3.8) is 0 Å². The van der Waals surface area contributed by atoms with E-state index in [1.54, 1.807) is 12.1 Å². The molecule has 0 saturated carbocycles. The molecule has 26 heavy (non-hydrogen) atoms. The summed E-state index contributed by atoms with van der Waals surface area (Å²) in [5, 5.41) is 2.83. The predicted octanol–water partition coefficient (Wildman–Crippen LogP) is 2.42. The Morgan fingerprint density at radius 1 is 1.12 bits per heavy atom. The fraction of sp³-hybridized carbons (Fsp3) is 0.350. The summed E-state index contributed by atoms with van der Waals surface area (Å²) in [4.78, 5) is 33.4. The predicted molar refractivity (Wildman–Crippen MR) is 101 cm³/mol. The molecule has 2 aromatic rings. The normalized spacial score (nSPS) is 14.9. The molecule has 0 radical (unpaired) electrons. The molecule has 2 amide bonds. The molecule has 3 rings (SSSR count). The van der Waals surface area contributed by atoms with Crippen molar-refractivity contribution < 1.29 is 9.59 Å². The monoisotopic (exact) mass is 352 g/mol. The number of nitrogens with one attached hydrogen (secondary N) is 1. The Hall–Kier alpha value is -2.73. The lowest BCUT2D eigenvalue weighted by Crippen LogP contribution is -2.48. The highest BCUT2D eigenvalue weighted by Crippen LogP contribution is 2.13. The van der Waals surface area contributed by atoms with Gasteiger partial charge in [0.15, 0.2) is 0 Å². The molecular formula is C20H24N4O2. The van der Waals surface area contributed by atoms with Gasteiger partial charge in [0.25, 0.3) is 11.8 Å². The summed E-state index contributed by atoms with van der Waals surface area (Å²) in [6.45, 7) is 8.27. The highest BCUT2D eigenvalue weighted by atomic mass is 16.2. The van der Waals surface area contributed by atoms with Crippen molar-refractivity contribution in [2.24, 2.45) is 0 Å². The van der Waals surface area contributed by atoms with Crippen molar-refractivity contribution in [3.8, 4) is 0 Å². The van der Waals surface area contributed by atoms with Gasteiger partial charge in [0, 0.05) is 43.6 Å². The SMILES string of the molecule is CCN1CCN(C(=O)c2ccnc(C(=O)Nc3cccc(C)c3)c2)CC1. The van der Waals surface area contributed by atoms with Gasteiger partial charge in [0.05, 0.1) is 0 Å². The number of carbonyl (C=O) groups excluding carboxylic acids is 2. The van der Waals surface area contributed by atoms with E-state index in [4.69, 9.17) is 0 Å². The summed E-state index contributed by atoms with van der Waals surface area (Å²) in [5.41, 5.74) is 2.51. The zero-order valence-electron chi connectivity index (χ0n) is 15.2. The molecule has 6 heteroatoms. The summed E-state index contributed by atoms with van der Waals surface area (Å²) in [6.07, 6.45) is 1.51. The molecule has 0 unspecified atom stereocenters. The van der Waals surface area contributed by atoms with E-state index in [1.165, 1.54) is 6.20 Å². The summed E-state index contributed by atoms with van der Waals surface area (Å²) < 4.78 is 0. The number of amides is 2. The topological polar surface area (TPSA) is 65.5 Å². The first kappa shape index (κ1) is 18.1. The second-order valence-corrected chi connectivity index (χ2v) is 6.48. The fourth-order valence-corrected chi connectivity index (χ4v) is 3.06. The molecule has 1 aromatic heterocycles. The zero-order valence-corrected chi connectivity index (χ0v) is 15.2. The summed E-state index contributed by atoms with van der Waals surface area (Å²) in [5.74, 6) is -0.367. The van der Waals surface area contributed by atoms with Crippen molar-refractivity contribution >= 4 is 17.5 Å². The molecule has 136 valence electrons. The van der Waals surface area contributed by atoms with E-state index in [2.05, 4.69) is 22.1 Å². The van der Waals surface area contributed by atoms with Gasteiger partial charge in [-0.15, -0.1) is 0 Å². The average Bonchev–Trinajstić information content (AvgIpc) is 2.67. The van der Waals surface area contributed by atoms with Crippen LogP contribution in [0.1, 0.15) is 33.3 Å². The second kappa shape index (κ2) is 8.10. The summed E-state index contributed by atoms with van der Waals surface area (Å²) in [7, 11) is 0. The van der Waals surface area contributed by atoms with E-state index < -0.39 is 0 Å². The van der Waals surface area contributed by atoms with E-state index in [0.717, 1.165) is 25.2 Å². The van der Waals surface area contributed by atoms with Gasteiger partial charge in [-0.2, -0.15) is 0 Å². The van der Waals surface area contributed by atoms with Crippen LogP contribution >= 0.6 is 0 Å². The van der Waals surface area contributed by atoms with E-state index in [0.29, 0.717) is 24.3 Å². The molecule has 0 atom stereocenters. The summed E-state index contributed by atoms with van der Waals surface area (Å²) in [6, 6.07) is 10.8. The number of piperazine rings is 1. The maximum Gasteiger partial charge on any atom is 0.274 e. The highest BCUT2D eigenvalue weighted by molar-refractivity contribution is 6.04. The number of rotatable bonds is 4. The zero-order chi connectivity index (χ0) is 18.5. The molecule has 1 aromatic carbocycles. The third-order valence-corrected chi connectivity index (χ3v) is 4.62. The molecule has 1 N–H and O–H groups in total. The van der Waals surface area contributed by atoms with Crippen molar-refractivity contribution in [2.45, 2.75) is 13.8 Å². The van der Waals surface area contributed by atoms with Crippen LogP contribution in [0.3, 0.4) is 0 Å². The van der Waals surface area contributed by atoms with Gasteiger partial charge < -0.3 is 15.1 Å².